The zero-order valence-corrected chi connectivity index (χ0v) is 15.8. The molecule has 1 N–H and O–H groups in total. The molecule has 4 rings (SSSR count). The normalized spacial score (nSPS) is 24.0. The maximum Gasteiger partial charge on any atom is 0.129 e. The zero-order valence-electron chi connectivity index (χ0n) is 15.1. The molecule has 138 valence electrons. The minimum Gasteiger partial charge on any atom is -0.393 e. The molecule has 5 nitrogen and oxygen atoms in total. The third kappa shape index (κ3) is 3.64. The van der Waals surface area contributed by atoms with Crippen LogP contribution < -0.4 is 5.01 Å². The van der Waals surface area contributed by atoms with E-state index in [9.17, 15) is 10.4 Å². The van der Waals surface area contributed by atoms with Crippen molar-refractivity contribution in [3.8, 4) is 6.07 Å². The van der Waals surface area contributed by atoms with E-state index in [0.29, 0.717) is 16.6 Å². The van der Waals surface area contributed by atoms with Crippen LogP contribution in [-0.4, -0.2) is 27.7 Å². The number of anilines is 1. The van der Waals surface area contributed by atoms with Crippen molar-refractivity contribution >= 4 is 17.3 Å². The Morgan fingerprint density at radius 2 is 2.11 bits per heavy atom. The van der Waals surface area contributed by atoms with Gasteiger partial charge in [-0.15, -0.1) is 0 Å². The van der Waals surface area contributed by atoms with Crippen LogP contribution in [0, 0.1) is 24.2 Å². The number of halogens is 1. The van der Waals surface area contributed by atoms with Gasteiger partial charge in [-0.25, -0.2) is 4.98 Å². The van der Waals surface area contributed by atoms with Gasteiger partial charge in [-0.05, 0) is 67.7 Å². The average Bonchev–Trinajstić information content (AvgIpc) is 3.03. The molecule has 1 aliphatic carbocycles. The van der Waals surface area contributed by atoms with E-state index in [-0.39, 0.29) is 12.1 Å². The molecule has 1 aliphatic heterocycles. The number of aliphatic hydroxyl groups is 1. The van der Waals surface area contributed by atoms with E-state index < -0.39 is 0 Å². The van der Waals surface area contributed by atoms with Gasteiger partial charge in [-0.3, -0.25) is 10.0 Å². The van der Waals surface area contributed by atoms with Crippen LogP contribution in [0.15, 0.2) is 48.7 Å². The van der Waals surface area contributed by atoms with Gasteiger partial charge in [0.05, 0.1) is 29.5 Å². The Bertz CT molecular complexity index is 896. The lowest BCUT2D eigenvalue weighted by molar-refractivity contribution is 0.0301. The number of pyridine rings is 1. The summed E-state index contributed by atoms with van der Waals surface area (Å²) < 4.78 is 0. The number of aliphatic hydroxyl groups excluding tert-OH is 1. The maximum atomic E-state index is 9.63. The molecule has 1 saturated carbocycles. The molecule has 2 aliphatic rings. The highest BCUT2D eigenvalue weighted by Gasteiger charge is 2.34. The van der Waals surface area contributed by atoms with Crippen LogP contribution in [0.4, 0.5) is 5.69 Å². The maximum absolute atomic E-state index is 9.63. The summed E-state index contributed by atoms with van der Waals surface area (Å²) in [4.78, 5) is 4.27. The summed E-state index contributed by atoms with van der Waals surface area (Å²) in [6.45, 7) is 2.76. The minimum absolute atomic E-state index is 0.0249. The van der Waals surface area contributed by atoms with Crippen LogP contribution in [-0.2, 0) is 0 Å². The number of benzene rings is 1. The van der Waals surface area contributed by atoms with Crippen molar-refractivity contribution in [1.82, 2.24) is 9.99 Å². The van der Waals surface area contributed by atoms with Gasteiger partial charge in [0.25, 0.3) is 0 Å². The monoisotopic (exact) mass is 380 g/mol. The fourth-order valence-corrected chi connectivity index (χ4v) is 4.12. The third-order valence-electron chi connectivity index (χ3n) is 5.16. The first-order valence-corrected chi connectivity index (χ1v) is 9.47. The third-order valence-corrected chi connectivity index (χ3v) is 5.36. The summed E-state index contributed by atoms with van der Waals surface area (Å²) in [5.41, 5.74) is 3.51. The Morgan fingerprint density at radius 1 is 1.30 bits per heavy atom. The van der Waals surface area contributed by atoms with Gasteiger partial charge in [0.2, 0.25) is 0 Å². The highest BCUT2D eigenvalue weighted by Crippen LogP contribution is 2.38. The van der Waals surface area contributed by atoms with Crippen LogP contribution in [0.1, 0.15) is 35.7 Å². The van der Waals surface area contributed by atoms with Crippen molar-refractivity contribution in [3.05, 3.63) is 70.6 Å². The van der Waals surface area contributed by atoms with E-state index in [2.05, 4.69) is 33.3 Å². The second kappa shape index (κ2) is 7.22. The Kier molecular flexibility index (Phi) is 4.77. The highest BCUT2D eigenvalue weighted by molar-refractivity contribution is 6.29. The molecule has 6 heteroatoms. The molecule has 0 bridgehead atoms. The molecule has 1 atom stereocenters. The standard InChI is InChI=1S/C21H21ClN4O/c1-14-7-17(11-21(22)24-14)20-5-6-25(13-16-9-19(27)10-16)26(20)18-4-2-3-15(8-18)12-23/h2-8,11,16,19-20,27H,9-10,13H2,1H3. The van der Waals surface area contributed by atoms with Crippen LogP contribution in [0.2, 0.25) is 5.15 Å². The summed E-state index contributed by atoms with van der Waals surface area (Å²) >= 11 is 6.20. The van der Waals surface area contributed by atoms with Crippen LogP contribution >= 0.6 is 11.6 Å². The van der Waals surface area contributed by atoms with E-state index >= 15 is 0 Å². The van der Waals surface area contributed by atoms with Gasteiger partial charge in [0, 0.05) is 18.4 Å². The first-order valence-electron chi connectivity index (χ1n) is 9.10. The molecular formula is C21H21ClN4O. The highest BCUT2D eigenvalue weighted by atomic mass is 35.5. The molecule has 1 aromatic carbocycles. The summed E-state index contributed by atoms with van der Waals surface area (Å²) in [7, 11) is 0. The van der Waals surface area contributed by atoms with Gasteiger partial charge < -0.3 is 5.11 Å². The van der Waals surface area contributed by atoms with Crippen LogP contribution in [0.5, 0.6) is 0 Å². The van der Waals surface area contributed by atoms with Crippen molar-refractivity contribution in [2.24, 2.45) is 5.92 Å². The van der Waals surface area contributed by atoms with E-state index in [0.717, 1.165) is 36.3 Å². The molecule has 2 heterocycles. The number of nitrogens with zero attached hydrogens (tertiary/aromatic N) is 4. The van der Waals surface area contributed by atoms with E-state index in [1.54, 1.807) is 0 Å². The lowest BCUT2D eigenvalue weighted by atomic mass is 9.82. The van der Waals surface area contributed by atoms with Gasteiger partial charge in [-0.2, -0.15) is 5.26 Å². The van der Waals surface area contributed by atoms with Crippen LogP contribution in [0.25, 0.3) is 0 Å². The predicted octanol–water partition coefficient (Wildman–Crippen LogP) is 3.98. The Morgan fingerprint density at radius 3 is 2.81 bits per heavy atom. The van der Waals surface area contributed by atoms with Crippen molar-refractivity contribution in [2.75, 3.05) is 11.6 Å². The summed E-state index contributed by atoms with van der Waals surface area (Å²) in [5.74, 6) is 0.466. The molecule has 0 amide bonds. The summed E-state index contributed by atoms with van der Waals surface area (Å²) in [5, 5.41) is 23.8. The first-order chi connectivity index (χ1) is 13.0. The fraction of sp³-hybridized carbons (Fsp3) is 0.333. The molecule has 0 spiro atoms. The number of rotatable bonds is 4. The molecule has 1 unspecified atom stereocenters. The molecule has 0 radical (unpaired) electrons. The van der Waals surface area contributed by atoms with E-state index in [1.165, 1.54) is 0 Å². The number of aryl methyl sites for hydroxylation is 1. The Balaban J connectivity index is 1.69. The molecule has 1 aromatic heterocycles. The summed E-state index contributed by atoms with van der Waals surface area (Å²) in [6.07, 6.45) is 5.72. The van der Waals surface area contributed by atoms with E-state index in [4.69, 9.17) is 11.6 Å². The van der Waals surface area contributed by atoms with Crippen molar-refractivity contribution < 1.29 is 5.11 Å². The molecular weight excluding hydrogens is 360 g/mol. The Labute approximate surface area is 164 Å². The van der Waals surface area contributed by atoms with Crippen LogP contribution in [0.3, 0.4) is 0 Å². The van der Waals surface area contributed by atoms with Gasteiger partial charge >= 0.3 is 0 Å². The number of hydrogen-bond acceptors (Lipinski definition) is 5. The predicted molar refractivity (Wildman–Crippen MR) is 105 cm³/mol. The lowest BCUT2D eigenvalue weighted by Crippen LogP contribution is -2.44. The largest absolute Gasteiger partial charge is 0.393 e. The fourth-order valence-electron chi connectivity index (χ4n) is 3.86. The van der Waals surface area contributed by atoms with Gasteiger partial charge in [0.1, 0.15) is 5.15 Å². The zero-order chi connectivity index (χ0) is 19.0. The molecule has 27 heavy (non-hydrogen) atoms. The number of aromatic nitrogens is 1. The average molecular weight is 381 g/mol. The first kappa shape index (κ1) is 17.8. The minimum atomic E-state index is -0.172. The lowest BCUT2D eigenvalue weighted by Gasteiger charge is -2.41. The number of hydrazine groups is 1. The Hall–Kier alpha value is -2.55. The summed E-state index contributed by atoms with van der Waals surface area (Å²) in [6, 6.07) is 13.7. The second-order valence-electron chi connectivity index (χ2n) is 7.27. The molecule has 2 aromatic rings. The topological polar surface area (TPSA) is 63.4 Å². The number of hydrogen-bond donors (Lipinski definition) is 1. The quantitative estimate of drug-likeness (QED) is 0.813. The number of nitriles is 1. The van der Waals surface area contributed by atoms with Gasteiger partial charge in [0.15, 0.2) is 0 Å². The molecule has 0 saturated heterocycles. The van der Waals surface area contributed by atoms with E-state index in [1.807, 2.05) is 43.3 Å². The second-order valence-corrected chi connectivity index (χ2v) is 7.66. The smallest absolute Gasteiger partial charge is 0.129 e. The van der Waals surface area contributed by atoms with Gasteiger partial charge in [-0.1, -0.05) is 17.7 Å². The van der Waals surface area contributed by atoms with Crippen molar-refractivity contribution in [3.63, 3.8) is 0 Å². The van der Waals surface area contributed by atoms with Crippen molar-refractivity contribution in [1.29, 1.82) is 5.26 Å². The SMILES string of the molecule is Cc1cc(C2C=CN(CC3CC(O)C3)N2c2cccc(C#N)c2)cc(Cl)n1. The molecule has 1 fully saturated rings. The van der Waals surface area contributed by atoms with Crippen molar-refractivity contribution in [2.45, 2.75) is 31.9 Å².